The predicted octanol–water partition coefficient (Wildman–Crippen LogP) is 9.69. The molecule has 0 aliphatic rings. The zero-order chi connectivity index (χ0) is 20.4. The quantitative estimate of drug-likeness (QED) is 0.137. The van der Waals surface area contributed by atoms with E-state index in [1.807, 2.05) is 0 Å². The van der Waals surface area contributed by atoms with E-state index in [1.165, 1.54) is 106 Å². The van der Waals surface area contributed by atoms with Crippen molar-refractivity contribution in [2.75, 3.05) is 0 Å². The molecule has 0 aliphatic carbocycles. The molecular formula is C24H54GeOSn. The molecule has 0 radical (unpaired) electrons. The zero-order valence-electron chi connectivity index (χ0n) is 20.1. The third-order valence-electron chi connectivity index (χ3n) is 6.35. The average molecular weight is 550 g/mol. The van der Waals surface area contributed by atoms with Gasteiger partial charge in [0.05, 0.1) is 0 Å². The van der Waals surface area contributed by atoms with Crippen molar-refractivity contribution in [3.05, 3.63) is 0 Å². The SMILES string of the molecule is CCC[CH2][Ge]([CH2]CCC)([CH2]CCC)[O][Sn]([CH2]CCC)([CH2]CCC)[CH2]CCC. The van der Waals surface area contributed by atoms with Crippen LogP contribution in [-0.4, -0.2) is 32.4 Å². The molecule has 0 rings (SSSR count). The maximum absolute atomic E-state index is 7.84. The van der Waals surface area contributed by atoms with Crippen molar-refractivity contribution < 1.29 is 2.10 Å². The van der Waals surface area contributed by atoms with Crippen LogP contribution in [0.2, 0.25) is 29.1 Å². The molecule has 164 valence electrons. The molecule has 0 bridgehead atoms. The molecule has 3 heteroatoms. The number of unbranched alkanes of at least 4 members (excludes halogenated alkanes) is 6. The molecule has 27 heavy (non-hydrogen) atoms. The molecule has 0 unspecified atom stereocenters. The summed E-state index contributed by atoms with van der Waals surface area (Å²) in [5.41, 5.74) is 0. The van der Waals surface area contributed by atoms with Crippen LogP contribution in [-0.2, 0) is 2.10 Å². The van der Waals surface area contributed by atoms with Crippen LogP contribution >= 0.6 is 0 Å². The van der Waals surface area contributed by atoms with E-state index in [2.05, 4.69) is 41.5 Å². The van der Waals surface area contributed by atoms with E-state index >= 15 is 0 Å². The Kier molecular flexibility index (Phi) is 19.0. The summed E-state index contributed by atoms with van der Waals surface area (Å²) >= 11 is -4.65. The first-order valence-electron chi connectivity index (χ1n) is 12.8. The van der Waals surface area contributed by atoms with Gasteiger partial charge in [0.15, 0.2) is 0 Å². The van der Waals surface area contributed by atoms with E-state index < -0.39 is 32.4 Å². The Hall–Kier alpha value is 1.30. The van der Waals surface area contributed by atoms with E-state index in [-0.39, 0.29) is 0 Å². The molecule has 0 aromatic carbocycles. The molecule has 1 nitrogen and oxygen atoms in total. The van der Waals surface area contributed by atoms with Crippen LogP contribution < -0.4 is 0 Å². The van der Waals surface area contributed by atoms with Gasteiger partial charge in [0.25, 0.3) is 0 Å². The van der Waals surface area contributed by atoms with Gasteiger partial charge in [-0.1, -0.05) is 0 Å². The van der Waals surface area contributed by atoms with Gasteiger partial charge in [-0.3, -0.25) is 0 Å². The van der Waals surface area contributed by atoms with Crippen molar-refractivity contribution >= 4 is 32.4 Å². The van der Waals surface area contributed by atoms with E-state index in [0.717, 1.165) is 0 Å². The summed E-state index contributed by atoms with van der Waals surface area (Å²) in [7, 11) is 0. The van der Waals surface area contributed by atoms with Gasteiger partial charge < -0.3 is 0 Å². The van der Waals surface area contributed by atoms with Gasteiger partial charge >= 0.3 is 182 Å². The Balaban J connectivity index is 5.66. The standard InChI is InChI=1S/C12H27GeO.3C4H9.Sn/c1-4-7-10-13(14,11-8-5-2)12-9-6-3;3*1-3-4-2;/h4-12H2,1-3H3;3*1,3-4H2,2H3;/q-1;;;;+1. The Bertz CT molecular complexity index is 248. The molecule has 0 atom stereocenters. The summed E-state index contributed by atoms with van der Waals surface area (Å²) in [5.74, 6) is 0. The van der Waals surface area contributed by atoms with Crippen molar-refractivity contribution in [3.8, 4) is 0 Å². The summed E-state index contributed by atoms with van der Waals surface area (Å²) in [6.07, 6.45) is 16.8. The van der Waals surface area contributed by atoms with Gasteiger partial charge in [0.2, 0.25) is 0 Å². The summed E-state index contributed by atoms with van der Waals surface area (Å²) < 4.78 is 12.4. The third kappa shape index (κ3) is 12.6. The summed E-state index contributed by atoms with van der Waals surface area (Å²) in [6.45, 7) is 14.3. The molecule has 0 saturated heterocycles. The monoisotopic (exact) mass is 552 g/mol. The van der Waals surface area contributed by atoms with Crippen molar-refractivity contribution in [1.82, 2.24) is 0 Å². The first kappa shape index (κ1) is 28.3. The third-order valence-corrected chi connectivity index (χ3v) is 39.8. The van der Waals surface area contributed by atoms with Gasteiger partial charge in [-0.2, -0.15) is 0 Å². The summed E-state index contributed by atoms with van der Waals surface area (Å²) in [5, 5.41) is 4.54. The van der Waals surface area contributed by atoms with Gasteiger partial charge in [0.1, 0.15) is 0 Å². The minimum absolute atomic E-state index is 1.36. The van der Waals surface area contributed by atoms with Gasteiger partial charge in [0, 0.05) is 0 Å². The Morgan fingerprint density at radius 1 is 0.481 bits per heavy atom. The van der Waals surface area contributed by atoms with Crippen LogP contribution in [0.4, 0.5) is 0 Å². The second-order valence-electron chi connectivity index (χ2n) is 9.09. The first-order chi connectivity index (χ1) is 13.1. The van der Waals surface area contributed by atoms with E-state index in [1.54, 1.807) is 0 Å². The molecule has 0 amide bonds. The van der Waals surface area contributed by atoms with Crippen LogP contribution in [0.25, 0.3) is 0 Å². The minimum atomic E-state index is -2.47. The number of rotatable bonds is 20. The predicted molar refractivity (Wildman–Crippen MR) is 131 cm³/mol. The van der Waals surface area contributed by atoms with E-state index in [4.69, 9.17) is 2.10 Å². The Morgan fingerprint density at radius 2 is 0.778 bits per heavy atom. The Labute approximate surface area is 181 Å². The van der Waals surface area contributed by atoms with Gasteiger partial charge in [-0.15, -0.1) is 0 Å². The van der Waals surface area contributed by atoms with Crippen LogP contribution in [0.1, 0.15) is 119 Å². The molecule has 0 heterocycles. The topological polar surface area (TPSA) is 9.23 Å². The van der Waals surface area contributed by atoms with Crippen molar-refractivity contribution in [2.24, 2.45) is 0 Å². The second kappa shape index (κ2) is 18.1. The normalized spacial score (nSPS) is 12.7. The molecule has 0 saturated carbocycles. The van der Waals surface area contributed by atoms with Crippen molar-refractivity contribution in [1.29, 1.82) is 0 Å². The summed E-state index contributed by atoms with van der Waals surface area (Å²) in [4.78, 5) is 0. The van der Waals surface area contributed by atoms with Crippen molar-refractivity contribution in [3.63, 3.8) is 0 Å². The fraction of sp³-hybridized carbons (Fsp3) is 1.00. The molecular weight excluding hydrogens is 496 g/mol. The van der Waals surface area contributed by atoms with Crippen LogP contribution in [0.15, 0.2) is 0 Å². The number of hydrogen-bond acceptors (Lipinski definition) is 1. The van der Waals surface area contributed by atoms with E-state index in [0.29, 0.717) is 0 Å². The van der Waals surface area contributed by atoms with E-state index in [9.17, 15) is 0 Å². The zero-order valence-corrected chi connectivity index (χ0v) is 25.1. The van der Waals surface area contributed by atoms with Crippen LogP contribution in [0.5, 0.6) is 0 Å². The second-order valence-corrected chi connectivity index (χ2v) is 31.7. The fourth-order valence-corrected chi connectivity index (χ4v) is 49.0. The number of hydrogen-bond donors (Lipinski definition) is 0. The molecule has 0 spiro atoms. The molecule has 0 aromatic rings. The summed E-state index contributed by atoms with van der Waals surface area (Å²) in [6, 6.07) is 0. The van der Waals surface area contributed by atoms with Crippen LogP contribution in [0.3, 0.4) is 0 Å². The van der Waals surface area contributed by atoms with Crippen molar-refractivity contribution in [2.45, 2.75) is 148 Å². The Morgan fingerprint density at radius 3 is 1.04 bits per heavy atom. The first-order valence-corrected chi connectivity index (χ1v) is 25.3. The molecule has 0 N–H and O–H groups in total. The average Bonchev–Trinajstić information content (AvgIpc) is 2.70. The molecule has 0 aromatic heterocycles. The fourth-order valence-electron chi connectivity index (χ4n) is 4.51. The van der Waals surface area contributed by atoms with Gasteiger partial charge in [-0.05, 0) is 0 Å². The van der Waals surface area contributed by atoms with Gasteiger partial charge in [-0.25, -0.2) is 0 Å². The maximum atomic E-state index is 7.84. The molecule has 0 fully saturated rings. The van der Waals surface area contributed by atoms with Crippen LogP contribution in [0, 0.1) is 0 Å². The molecule has 0 aliphatic heterocycles.